The second-order valence-electron chi connectivity index (χ2n) is 4.56. The number of halogens is 2. The molecule has 1 nitrogen and oxygen atoms in total. The van der Waals surface area contributed by atoms with E-state index < -0.39 is 11.6 Å². The first kappa shape index (κ1) is 13.1. The Morgan fingerprint density at radius 3 is 2.25 bits per heavy atom. The molecule has 1 aromatic carbocycles. The lowest BCUT2D eigenvalue weighted by atomic mass is 10.0. The fourth-order valence-corrected chi connectivity index (χ4v) is 1.53. The van der Waals surface area contributed by atoms with Crippen molar-refractivity contribution in [3.8, 4) is 0 Å². The molecule has 0 spiro atoms. The summed E-state index contributed by atoms with van der Waals surface area (Å²) in [6.07, 6.45) is 0. The highest BCUT2D eigenvalue weighted by atomic mass is 19.2. The topological polar surface area (TPSA) is 12.0 Å². The van der Waals surface area contributed by atoms with Crippen molar-refractivity contribution >= 4 is 0 Å². The van der Waals surface area contributed by atoms with E-state index in [0.717, 1.165) is 6.07 Å². The summed E-state index contributed by atoms with van der Waals surface area (Å²) >= 11 is 0. The lowest BCUT2D eigenvalue weighted by Crippen LogP contribution is -2.33. The minimum atomic E-state index is -0.789. The van der Waals surface area contributed by atoms with Gasteiger partial charge in [-0.15, -0.1) is 0 Å². The van der Waals surface area contributed by atoms with Gasteiger partial charge >= 0.3 is 0 Å². The standard InChI is InChI=1S/C13H19F2N/c1-8(2)9(3)16-10(4)11-6-5-7-12(14)13(11)15/h5-10,16H,1-4H3. The average molecular weight is 227 g/mol. The van der Waals surface area contributed by atoms with Gasteiger partial charge in [0.1, 0.15) is 0 Å². The van der Waals surface area contributed by atoms with Crippen LogP contribution in [-0.4, -0.2) is 6.04 Å². The van der Waals surface area contributed by atoms with E-state index in [1.54, 1.807) is 6.07 Å². The Labute approximate surface area is 95.9 Å². The SMILES string of the molecule is CC(NC(C)C(C)C)c1cccc(F)c1F. The molecule has 0 bridgehead atoms. The number of nitrogens with one attached hydrogen (secondary N) is 1. The minimum Gasteiger partial charge on any atom is -0.307 e. The van der Waals surface area contributed by atoms with Crippen molar-refractivity contribution in [2.45, 2.75) is 39.8 Å². The Balaban J connectivity index is 2.80. The van der Waals surface area contributed by atoms with Crippen LogP contribution in [0.15, 0.2) is 18.2 Å². The highest BCUT2D eigenvalue weighted by Gasteiger charge is 2.16. The minimum absolute atomic E-state index is 0.187. The van der Waals surface area contributed by atoms with E-state index in [-0.39, 0.29) is 12.1 Å². The molecule has 0 saturated heterocycles. The van der Waals surface area contributed by atoms with E-state index in [1.807, 2.05) is 13.8 Å². The monoisotopic (exact) mass is 227 g/mol. The van der Waals surface area contributed by atoms with Crippen LogP contribution in [0.4, 0.5) is 8.78 Å². The summed E-state index contributed by atoms with van der Waals surface area (Å²) in [7, 11) is 0. The Hall–Kier alpha value is -0.960. The van der Waals surface area contributed by atoms with Crippen LogP contribution in [0.3, 0.4) is 0 Å². The van der Waals surface area contributed by atoms with Gasteiger partial charge in [0.05, 0.1) is 0 Å². The summed E-state index contributed by atoms with van der Waals surface area (Å²) in [5.41, 5.74) is 0.382. The van der Waals surface area contributed by atoms with Crippen molar-refractivity contribution in [3.05, 3.63) is 35.4 Å². The summed E-state index contributed by atoms with van der Waals surface area (Å²) < 4.78 is 26.5. The highest BCUT2D eigenvalue weighted by Crippen LogP contribution is 2.20. The van der Waals surface area contributed by atoms with Crippen LogP contribution in [0.2, 0.25) is 0 Å². The van der Waals surface area contributed by atoms with Crippen LogP contribution in [0, 0.1) is 17.6 Å². The third kappa shape index (κ3) is 3.01. The van der Waals surface area contributed by atoms with Crippen LogP contribution < -0.4 is 5.32 Å². The van der Waals surface area contributed by atoms with Gasteiger partial charge in [0, 0.05) is 17.6 Å². The van der Waals surface area contributed by atoms with E-state index in [4.69, 9.17) is 0 Å². The van der Waals surface area contributed by atoms with Crippen LogP contribution in [0.5, 0.6) is 0 Å². The van der Waals surface area contributed by atoms with Crippen LogP contribution in [0.1, 0.15) is 39.3 Å². The number of rotatable bonds is 4. The first-order valence-electron chi connectivity index (χ1n) is 5.63. The van der Waals surface area contributed by atoms with Gasteiger partial charge in [-0.1, -0.05) is 26.0 Å². The molecule has 0 radical (unpaired) electrons. The van der Waals surface area contributed by atoms with Gasteiger partial charge < -0.3 is 5.32 Å². The molecule has 16 heavy (non-hydrogen) atoms. The second-order valence-corrected chi connectivity index (χ2v) is 4.56. The fourth-order valence-electron chi connectivity index (χ4n) is 1.53. The van der Waals surface area contributed by atoms with Crippen molar-refractivity contribution in [1.29, 1.82) is 0 Å². The molecule has 0 heterocycles. The largest absolute Gasteiger partial charge is 0.307 e. The molecule has 2 atom stereocenters. The highest BCUT2D eigenvalue weighted by molar-refractivity contribution is 5.22. The summed E-state index contributed by atoms with van der Waals surface area (Å²) in [5, 5.41) is 3.26. The maximum Gasteiger partial charge on any atom is 0.163 e. The van der Waals surface area contributed by atoms with Gasteiger partial charge in [0.2, 0.25) is 0 Å². The molecule has 1 aromatic rings. The summed E-state index contributed by atoms with van der Waals surface area (Å²) in [4.78, 5) is 0. The number of hydrogen-bond acceptors (Lipinski definition) is 1. The molecule has 0 amide bonds. The average Bonchev–Trinajstić information content (AvgIpc) is 2.21. The third-order valence-corrected chi connectivity index (χ3v) is 2.96. The maximum absolute atomic E-state index is 13.5. The number of benzene rings is 1. The van der Waals surface area contributed by atoms with Gasteiger partial charge in [-0.2, -0.15) is 0 Å². The molecule has 90 valence electrons. The van der Waals surface area contributed by atoms with Crippen molar-refractivity contribution in [1.82, 2.24) is 5.32 Å². The molecule has 2 unspecified atom stereocenters. The third-order valence-electron chi connectivity index (χ3n) is 2.96. The molecule has 0 fully saturated rings. The predicted octanol–water partition coefficient (Wildman–Crippen LogP) is 3.66. The van der Waals surface area contributed by atoms with E-state index in [9.17, 15) is 8.78 Å². The van der Waals surface area contributed by atoms with Crippen LogP contribution >= 0.6 is 0 Å². The van der Waals surface area contributed by atoms with Crippen molar-refractivity contribution in [2.75, 3.05) is 0 Å². The maximum atomic E-state index is 13.5. The van der Waals surface area contributed by atoms with Crippen molar-refractivity contribution < 1.29 is 8.78 Å². The van der Waals surface area contributed by atoms with Gasteiger partial charge in [0.25, 0.3) is 0 Å². The fraction of sp³-hybridized carbons (Fsp3) is 0.538. The summed E-state index contributed by atoms with van der Waals surface area (Å²) in [5.74, 6) is -1.08. The Morgan fingerprint density at radius 1 is 1.06 bits per heavy atom. The van der Waals surface area contributed by atoms with Gasteiger partial charge in [-0.3, -0.25) is 0 Å². The predicted molar refractivity (Wildman–Crippen MR) is 62.2 cm³/mol. The first-order valence-corrected chi connectivity index (χ1v) is 5.63. The van der Waals surface area contributed by atoms with Crippen LogP contribution in [0.25, 0.3) is 0 Å². The zero-order chi connectivity index (χ0) is 12.3. The zero-order valence-corrected chi connectivity index (χ0v) is 10.2. The quantitative estimate of drug-likeness (QED) is 0.827. The molecule has 0 aliphatic carbocycles. The Kier molecular flexibility index (Phi) is 4.42. The molecule has 0 saturated carbocycles. The summed E-state index contributed by atoms with van der Waals surface area (Å²) in [6.45, 7) is 8.06. The molecule has 0 aliphatic heterocycles. The van der Waals surface area contributed by atoms with Gasteiger partial charge in [-0.25, -0.2) is 8.78 Å². The van der Waals surface area contributed by atoms with E-state index >= 15 is 0 Å². The summed E-state index contributed by atoms with van der Waals surface area (Å²) in [6, 6.07) is 4.36. The number of hydrogen-bond donors (Lipinski definition) is 1. The molecular formula is C13H19F2N. The molecule has 1 rings (SSSR count). The Bertz CT molecular complexity index is 350. The van der Waals surface area contributed by atoms with Crippen molar-refractivity contribution in [2.24, 2.45) is 5.92 Å². The Morgan fingerprint density at radius 2 is 1.69 bits per heavy atom. The van der Waals surface area contributed by atoms with Crippen LogP contribution in [-0.2, 0) is 0 Å². The van der Waals surface area contributed by atoms with Gasteiger partial charge in [-0.05, 0) is 25.8 Å². The van der Waals surface area contributed by atoms with E-state index in [0.29, 0.717) is 11.5 Å². The lowest BCUT2D eigenvalue weighted by molar-refractivity contribution is 0.378. The lowest BCUT2D eigenvalue weighted by Gasteiger charge is -2.23. The molecule has 1 N–H and O–H groups in total. The second kappa shape index (κ2) is 5.39. The molecule has 0 aliphatic rings. The van der Waals surface area contributed by atoms with E-state index in [1.165, 1.54) is 6.07 Å². The van der Waals surface area contributed by atoms with Gasteiger partial charge in [0.15, 0.2) is 11.6 Å². The first-order chi connectivity index (χ1) is 7.43. The van der Waals surface area contributed by atoms with E-state index in [2.05, 4.69) is 19.2 Å². The smallest absolute Gasteiger partial charge is 0.163 e. The zero-order valence-electron chi connectivity index (χ0n) is 10.2. The normalized spacial score (nSPS) is 15.2. The van der Waals surface area contributed by atoms with Crippen molar-refractivity contribution in [3.63, 3.8) is 0 Å². The molecule has 0 aromatic heterocycles. The molecular weight excluding hydrogens is 208 g/mol. The molecule has 3 heteroatoms.